The smallest absolute Gasteiger partial charge is 0.243 e. The first-order valence-electron chi connectivity index (χ1n) is 8.37. The van der Waals surface area contributed by atoms with Crippen molar-refractivity contribution in [3.8, 4) is 11.5 Å². The molecule has 0 fully saturated rings. The van der Waals surface area contributed by atoms with Gasteiger partial charge in [0, 0.05) is 6.54 Å². The molecule has 2 aromatic carbocycles. The molecule has 0 bridgehead atoms. The molecule has 5 nitrogen and oxygen atoms in total. The lowest BCUT2D eigenvalue weighted by molar-refractivity contribution is 0.0771. The number of benzene rings is 2. The molecule has 1 heterocycles. The third kappa shape index (κ3) is 3.65. The summed E-state index contributed by atoms with van der Waals surface area (Å²) in [5.74, 6) is 1.35. The zero-order valence-electron chi connectivity index (χ0n) is 14.7. The Bertz CT molecular complexity index is 863. The lowest BCUT2D eigenvalue weighted by Gasteiger charge is -2.30. The highest BCUT2D eigenvalue weighted by Gasteiger charge is 2.30. The average molecular weight is 361 g/mol. The van der Waals surface area contributed by atoms with E-state index in [0.29, 0.717) is 29.5 Å². The molecule has 25 heavy (non-hydrogen) atoms. The van der Waals surface area contributed by atoms with E-state index in [4.69, 9.17) is 9.47 Å². The molecule has 0 saturated heterocycles. The van der Waals surface area contributed by atoms with E-state index in [0.717, 1.165) is 11.1 Å². The van der Waals surface area contributed by atoms with E-state index in [1.54, 1.807) is 6.07 Å². The second-order valence-electron chi connectivity index (χ2n) is 6.22. The molecule has 1 unspecified atom stereocenters. The van der Waals surface area contributed by atoms with Crippen LogP contribution in [0.4, 0.5) is 0 Å². The van der Waals surface area contributed by atoms with Crippen molar-refractivity contribution >= 4 is 10.0 Å². The predicted octanol–water partition coefficient (Wildman–Crippen LogP) is 3.15. The highest BCUT2D eigenvalue weighted by Crippen LogP contribution is 2.31. The van der Waals surface area contributed by atoms with Gasteiger partial charge in [-0.2, -0.15) is 4.31 Å². The van der Waals surface area contributed by atoms with Crippen molar-refractivity contribution in [2.75, 3.05) is 19.7 Å². The van der Waals surface area contributed by atoms with E-state index < -0.39 is 10.0 Å². The Balaban J connectivity index is 1.82. The maximum atomic E-state index is 13.1. The second kappa shape index (κ2) is 7.06. The van der Waals surface area contributed by atoms with Gasteiger partial charge in [-0.25, -0.2) is 8.42 Å². The average Bonchev–Trinajstić information content (AvgIpc) is 2.61. The molecule has 0 aromatic heterocycles. The monoisotopic (exact) mass is 361 g/mol. The lowest BCUT2D eigenvalue weighted by Crippen LogP contribution is -2.43. The van der Waals surface area contributed by atoms with E-state index in [-0.39, 0.29) is 12.6 Å². The van der Waals surface area contributed by atoms with Crippen LogP contribution in [-0.4, -0.2) is 38.5 Å². The summed E-state index contributed by atoms with van der Waals surface area (Å²) in [5, 5.41) is 0. The van der Waals surface area contributed by atoms with E-state index >= 15 is 0 Å². The maximum Gasteiger partial charge on any atom is 0.243 e. The van der Waals surface area contributed by atoms with Crippen LogP contribution < -0.4 is 9.47 Å². The minimum Gasteiger partial charge on any atom is -0.486 e. The molecule has 2 aromatic rings. The number of rotatable bonds is 5. The van der Waals surface area contributed by atoms with Crippen LogP contribution in [0.3, 0.4) is 0 Å². The maximum absolute atomic E-state index is 13.1. The minimum absolute atomic E-state index is 0.251. The number of sulfonamides is 1. The van der Waals surface area contributed by atoms with Crippen LogP contribution >= 0.6 is 0 Å². The van der Waals surface area contributed by atoms with Gasteiger partial charge in [0.25, 0.3) is 0 Å². The molecule has 1 atom stereocenters. The molecule has 6 heteroatoms. The number of hydrogen-bond donors (Lipinski definition) is 0. The first-order valence-corrected chi connectivity index (χ1v) is 9.81. The fourth-order valence-electron chi connectivity index (χ4n) is 2.90. The summed E-state index contributed by atoms with van der Waals surface area (Å²) < 4.78 is 39.2. The highest BCUT2D eigenvalue weighted by atomic mass is 32.2. The summed E-state index contributed by atoms with van der Waals surface area (Å²) in [5.41, 5.74) is 1.67. The van der Waals surface area contributed by atoms with Gasteiger partial charge < -0.3 is 9.47 Å². The highest BCUT2D eigenvalue weighted by molar-refractivity contribution is 7.89. The molecular formula is C19H23NO4S. The molecular weight excluding hydrogens is 338 g/mol. The van der Waals surface area contributed by atoms with Gasteiger partial charge in [0.05, 0.1) is 11.4 Å². The fraction of sp³-hybridized carbons (Fsp3) is 0.368. The summed E-state index contributed by atoms with van der Waals surface area (Å²) in [6.07, 6.45) is -0.338. The molecule has 0 N–H and O–H groups in total. The molecule has 134 valence electrons. The first-order chi connectivity index (χ1) is 11.9. The Morgan fingerprint density at radius 2 is 1.84 bits per heavy atom. The third-order valence-corrected chi connectivity index (χ3v) is 6.37. The molecule has 1 aliphatic rings. The van der Waals surface area contributed by atoms with E-state index in [2.05, 4.69) is 0 Å². The largest absolute Gasteiger partial charge is 0.486 e. The normalized spacial score (nSPS) is 16.9. The minimum atomic E-state index is -3.58. The number of fused-ring (bicyclic) bond motifs is 1. The van der Waals surface area contributed by atoms with Gasteiger partial charge in [-0.15, -0.1) is 0 Å². The van der Waals surface area contributed by atoms with E-state index in [1.807, 2.05) is 57.2 Å². The Morgan fingerprint density at radius 3 is 2.56 bits per heavy atom. The van der Waals surface area contributed by atoms with Crippen molar-refractivity contribution in [3.05, 3.63) is 53.6 Å². The van der Waals surface area contributed by atoms with Crippen LogP contribution in [0.5, 0.6) is 11.5 Å². The molecule has 0 spiro atoms. The Kier molecular flexibility index (Phi) is 5.01. The molecule has 0 aliphatic carbocycles. The Morgan fingerprint density at radius 1 is 1.12 bits per heavy atom. The van der Waals surface area contributed by atoms with Crippen molar-refractivity contribution in [1.29, 1.82) is 0 Å². The Labute approximate surface area is 149 Å². The lowest BCUT2D eigenvalue weighted by atomic mass is 10.2. The number of ether oxygens (including phenoxy) is 2. The van der Waals surface area contributed by atoms with Gasteiger partial charge >= 0.3 is 0 Å². The van der Waals surface area contributed by atoms with Gasteiger partial charge in [0.2, 0.25) is 10.0 Å². The summed E-state index contributed by atoms with van der Waals surface area (Å²) >= 11 is 0. The molecule has 3 rings (SSSR count). The van der Waals surface area contributed by atoms with E-state index in [9.17, 15) is 8.42 Å². The molecule has 0 radical (unpaired) electrons. The number of hydrogen-bond acceptors (Lipinski definition) is 4. The standard InChI is InChI=1S/C19H23NO4S/c1-4-20(25(21,22)19-11-14(2)9-10-15(19)3)12-16-13-23-17-7-5-6-8-18(17)24-16/h5-11,16H,4,12-13H2,1-3H3. The van der Waals surface area contributed by atoms with Crippen molar-refractivity contribution in [1.82, 2.24) is 4.31 Å². The Hall–Kier alpha value is -2.05. The van der Waals surface area contributed by atoms with Crippen LogP contribution in [0.2, 0.25) is 0 Å². The molecule has 0 amide bonds. The summed E-state index contributed by atoms with van der Waals surface area (Å²) in [7, 11) is -3.58. The summed E-state index contributed by atoms with van der Waals surface area (Å²) in [6.45, 7) is 6.49. The van der Waals surface area contributed by atoms with Gasteiger partial charge in [0.15, 0.2) is 11.5 Å². The zero-order chi connectivity index (χ0) is 18.0. The number of aryl methyl sites for hydroxylation is 2. The van der Waals surface area contributed by atoms with Crippen LogP contribution in [0, 0.1) is 13.8 Å². The number of para-hydroxylation sites is 2. The van der Waals surface area contributed by atoms with Crippen molar-refractivity contribution in [2.45, 2.75) is 31.8 Å². The molecule has 0 saturated carbocycles. The second-order valence-corrected chi connectivity index (χ2v) is 8.13. The van der Waals surface area contributed by atoms with Crippen LogP contribution in [0.15, 0.2) is 47.4 Å². The van der Waals surface area contributed by atoms with E-state index in [1.165, 1.54) is 4.31 Å². The SMILES string of the molecule is CCN(CC1COc2ccccc2O1)S(=O)(=O)c1cc(C)ccc1C. The van der Waals surface area contributed by atoms with Gasteiger partial charge in [-0.1, -0.05) is 31.2 Å². The fourth-order valence-corrected chi connectivity index (χ4v) is 4.69. The quantitative estimate of drug-likeness (QED) is 0.821. The van der Waals surface area contributed by atoms with Crippen LogP contribution in [0.25, 0.3) is 0 Å². The third-order valence-electron chi connectivity index (χ3n) is 4.29. The zero-order valence-corrected chi connectivity index (χ0v) is 15.5. The van der Waals surface area contributed by atoms with Crippen molar-refractivity contribution in [3.63, 3.8) is 0 Å². The predicted molar refractivity (Wildman–Crippen MR) is 96.7 cm³/mol. The van der Waals surface area contributed by atoms with Crippen molar-refractivity contribution in [2.24, 2.45) is 0 Å². The first kappa shape index (κ1) is 17.8. The van der Waals surface area contributed by atoms with Gasteiger partial charge in [-0.3, -0.25) is 0 Å². The number of likely N-dealkylation sites (N-methyl/N-ethyl adjacent to an activating group) is 1. The van der Waals surface area contributed by atoms with Crippen LogP contribution in [-0.2, 0) is 10.0 Å². The van der Waals surface area contributed by atoms with Crippen LogP contribution in [0.1, 0.15) is 18.1 Å². The van der Waals surface area contributed by atoms with Gasteiger partial charge in [0.1, 0.15) is 12.7 Å². The number of nitrogens with zero attached hydrogens (tertiary/aromatic N) is 1. The topological polar surface area (TPSA) is 55.8 Å². The van der Waals surface area contributed by atoms with Gasteiger partial charge in [-0.05, 0) is 43.2 Å². The molecule has 1 aliphatic heterocycles. The van der Waals surface area contributed by atoms with Crippen molar-refractivity contribution < 1.29 is 17.9 Å². The summed E-state index contributed by atoms with van der Waals surface area (Å²) in [6, 6.07) is 12.9. The summed E-state index contributed by atoms with van der Waals surface area (Å²) in [4.78, 5) is 0.353.